The fourth-order valence-corrected chi connectivity index (χ4v) is 6.67. The quantitative estimate of drug-likeness (QED) is 0.286. The SMILES string of the molecule is CN(C)[C@H]1C[C@@H](c2cccc(C(F)(F)F)c2)CC[C@@H]1Oc1ccc(S(=O)(=O)NC(=O)c2cc(C3CC3)ccc2F)c(F)c1. The summed E-state index contributed by atoms with van der Waals surface area (Å²) in [6, 6.07) is 12.2. The minimum absolute atomic E-state index is 0.0559. The van der Waals surface area contributed by atoms with Gasteiger partial charge in [-0.1, -0.05) is 24.3 Å². The standard InChI is InChI=1S/C31H31F5N2O4S/c1-38(2)27-16-21(19-4-3-5-22(14-19)31(34,35)36)9-12-28(27)42-23-10-13-29(26(33)17-23)43(40,41)37-30(39)24-15-20(18-6-7-18)8-11-25(24)32/h3-5,8,10-11,13-15,17-18,21,27-28H,6-7,9,12,16H2,1-2H3,(H,37,39)/t21-,27-,28-/m0/s1. The summed E-state index contributed by atoms with van der Waals surface area (Å²) in [6.07, 6.45) is -1.59. The van der Waals surface area contributed by atoms with Gasteiger partial charge in [0.2, 0.25) is 0 Å². The molecule has 6 nitrogen and oxygen atoms in total. The number of ether oxygens (including phenoxy) is 1. The molecule has 0 aromatic heterocycles. The first kappa shape index (κ1) is 30.9. The van der Waals surface area contributed by atoms with Gasteiger partial charge in [0.15, 0.2) is 0 Å². The highest BCUT2D eigenvalue weighted by Gasteiger charge is 2.36. The Morgan fingerprint density at radius 1 is 0.884 bits per heavy atom. The number of benzene rings is 3. The lowest BCUT2D eigenvalue weighted by Gasteiger charge is -2.40. The third-order valence-corrected chi connectivity index (χ3v) is 9.46. The van der Waals surface area contributed by atoms with E-state index < -0.39 is 55.9 Å². The maximum Gasteiger partial charge on any atom is 0.416 e. The first-order valence-electron chi connectivity index (χ1n) is 13.9. The molecular weight excluding hydrogens is 591 g/mol. The van der Waals surface area contributed by atoms with Gasteiger partial charge in [-0.05, 0) is 99.5 Å². The van der Waals surface area contributed by atoms with Crippen molar-refractivity contribution in [3.05, 3.63) is 94.6 Å². The lowest BCUT2D eigenvalue weighted by Crippen LogP contribution is -2.46. The zero-order valence-corrected chi connectivity index (χ0v) is 24.3. The molecular formula is C31H31F5N2O4S. The van der Waals surface area contributed by atoms with E-state index in [1.54, 1.807) is 16.9 Å². The number of nitrogens with zero attached hydrogens (tertiary/aromatic N) is 1. The van der Waals surface area contributed by atoms with Crippen LogP contribution in [0.4, 0.5) is 22.0 Å². The van der Waals surface area contributed by atoms with Crippen molar-refractivity contribution < 1.29 is 39.9 Å². The minimum Gasteiger partial charge on any atom is -0.489 e. The van der Waals surface area contributed by atoms with Gasteiger partial charge in [-0.15, -0.1) is 0 Å². The fraction of sp³-hybridized carbons (Fsp3) is 0.387. The molecule has 12 heteroatoms. The van der Waals surface area contributed by atoms with E-state index in [1.165, 1.54) is 24.3 Å². The van der Waals surface area contributed by atoms with E-state index in [9.17, 15) is 30.8 Å². The van der Waals surface area contributed by atoms with Crippen LogP contribution < -0.4 is 9.46 Å². The second-order valence-corrected chi connectivity index (χ2v) is 13.0. The van der Waals surface area contributed by atoms with Crippen LogP contribution >= 0.6 is 0 Å². The second kappa shape index (κ2) is 11.9. The Kier molecular flexibility index (Phi) is 8.54. The van der Waals surface area contributed by atoms with Gasteiger partial charge in [0.1, 0.15) is 28.4 Å². The molecule has 2 saturated carbocycles. The Bertz CT molecular complexity index is 1620. The van der Waals surface area contributed by atoms with Gasteiger partial charge in [0, 0.05) is 12.1 Å². The molecule has 2 aliphatic carbocycles. The summed E-state index contributed by atoms with van der Waals surface area (Å²) in [5.74, 6) is -3.14. The third kappa shape index (κ3) is 7.01. The van der Waals surface area contributed by atoms with Crippen molar-refractivity contribution in [3.63, 3.8) is 0 Å². The molecule has 0 unspecified atom stereocenters. The van der Waals surface area contributed by atoms with Gasteiger partial charge >= 0.3 is 6.18 Å². The van der Waals surface area contributed by atoms with E-state index in [1.807, 2.05) is 19.0 Å². The normalized spacial score (nSPS) is 21.1. The number of likely N-dealkylation sites (N-methyl/N-ethyl adjacent to an activating group) is 1. The number of carbonyl (C=O) groups excluding carboxylic acids is 1. The molecule has 0 spiro atoms. The molecule has 3 aromatic rings. The van der Waals surface area contributed by atoms with E-state index >= 15 is 4.39 Å². The smallest absolute Gasteiger partial charge is 0.416 e. The molecule has 2 aliphatic rings. The predicted octanol–water partition coefficient (Wildman–Crippen LogP) is 6.63. The zero-order valence-electron chi connectivity index (χ0n) is 23.5. The van der Waals surface area contributed by atoms with E-state index in [2.05, 4.69) is 0 Å². The Morgan fingerprint density at radius 2 is 1.58 bits per heavy atom. The average molecular weight is 623 g/mol. The monoisotopic (exact) mass is 622 g/mol. The minimum atomic E-state index is -4.68. The first-order valence-corrected chi connectivity index (χ1v) is 15.4. The van der Waals surface area contributed by atoms with Crippen LogP contribution in [0, 0.1) is 11.6 Å². The molecule has 1 N–H and O–H groups in total. The van der Waals surface area contributed by atoms with Crippen LogP contribution in [0.1, 0.15) is 71.0 Å². The topological polar surface area (TPSA) is 75.7 Å². The van der Waals surface area contributed by atoms with E-state index in [-0.39, 0.29) is 23.6 Å². The number of nitrogens with one attached hydrogen (secondary N) is 1. The molecule has 0 heterocycles. The van der Waals surface area contributed by atoms with Crippen molar-refractivity contribution in [3.8, 4) is 5.75 Å². The van der Waals surface area contributed by atoms with E-state index in [0.29, 0.717) is 24.8 Å². The third-order valence-electron chi connectivity index (χ3n) is 8.09. The molecule has 0 bridgehead atoms. The van der Waals surface area contributed by atoms with Gasteiger partial charge in [0.25, 0.3) is 15.9 Å². The molecule has 1 amide bonds. The number of carbonyl (C=O) groups is 1. The number of rotatable bonds is 8. The number of halogens is 5. The maximum absolute atomic E-state index is 15.1. The summed E-state index contributed by atoms with van der Waals surface area (Å²) < 4.78 is 103. The maximum atomic E-state index is 15.1. The molecule has 5 rings (SSSR count). The highest BCUT2D eigenvalue weighted by atomic mass is 32.2. The van der Waals surface area contributed by atoms with Gasteiger partial charge < -0.3 is 9.64 Å². The number of amides is 1. The van der Waals surface area contributed by atoms with Gasteiger partial charge in [-0.2, -0.15) is 13.2 Å². The highest BCUT2D eigenvalue weighted by Crippen LogP contribution is 2.41. The Balaban J connectivity index is 1.28. The van der Waals surface area contributed by atoms with Crippen LogP contribution in [0.15, 0.2) is 65.6 Å². The van der Waals surface area contributed by atoms with E-state index in [4.69, 9.17) is 4.74 Å². The Hall–Kier alpha value is -3.51. The summed E-state index contributed by atoms with van der Waals surface area (Å²) in [5.41, 5.74) is 0.172. The van der Waals surface area contributed by atoms with Crippen molar-refractivity contribution in [2.24, 2.45) is 0 Å². The summed E-state index contributed by atoms with van der Waals surface area (Å²) in [7, 11) is -1.05. The predicted molar refractivity (Wildman–Crippen MR) is 149 cm³/mol. The van der Waals surface area contributed by atoms with Gasteiger partial charge in [-0.3, -0.25) is 4.79 Å². The first-order chi connectivity index (χ1) is 20.2. The van der Waals surface area contributed by atoms with Crippen LogP contribution in [0.25, 0.3) is 0 Å². The van der Waals surface area contributed by atoms with Crippen LogP contribution in [0.2, 0.25) is 0 Å². The number of hydrogen-bond acceptors (Lipinski definition) is 5. The van der Waals surface area contributed by atoms with Crippen LogP contribution in [-0.2, 0) is 16.2 Å². The molecule has 3 atom stereocenters. The molecule has 2 fully saturated rings. The lowest BCUT2D eigenvalue weighted by atomic mass is 9.79. The van der Waals surface area contributed by atoms with Crippen LogP contribution in [0.3, 0.4) is 0 Å². The van der Waals surface area contributed by atoms with Gasteiger partial charge in [-0.25, -0.2) is 21.9 Å². The Morgan fingerprint density at radius 3 is 2.23 bits per heavy atom. The summed E-state index contributed by atoms with van der Waals surface area (Å²) in [6.45, 7) is 0. The van der Waals surface area contributed by atoms with Crippen molar-refractivity contribution in [1.82, 2.24) is 9.62 Å². The van der Waals surface area contributed by atoms with Crippen LogP contribution in [-0.4, -0.2) is 45.5 Å². The van der Waals surface area contributed by atoms with E-state index in [0.717, 1.165) is 42.7 Å². The average Bonchev–Trinajstić information content (AvgIpc) is 3.78. The summed E-state index contributed by atoms with van der Waals surface area (Å²) in [4.78, 5) is 13.7. The fourth-order valence-electron chi connectivity index (χ4n) is 5.64. The van der Waals surface area contributed by atoms with Crippen LogP contribution in [0.5, 0.6) is 5.75 Å². The second-order valence-electron chi connectivity index (χ2n) is 11.4. The lowest BCUT2D eigenvalue weighted by molar-refractivity contribution is -0.137. The summed E-state index contributed by atoms with van der Waals surface area (Å²) in [5, 5.41) is 0. The number of hydrogen-bond donors (Lipinski definition) is 1. The highest BCUT2D eigenvalue weighted by molar-refractivity contribution is 7.90. The largest absolute Gasteiger partial charge is 0.489 e. The molecule has 230 valence electrons. The number of alkyl halides is 3. The molecule has 0 saturated heterocycles. The van der Waals surface area contributed by atoms with Crippen molar-refractivity contribution in [2.45, 2.75) is 67.2 Å². The molecule has 43 heavy (non-hydrogen) atoms. The molecule has 3 aromatic carbocycles. The van der Waals surface area contributed by atoms with Crippen molar-refractivity contribution >= 4 is 15.9 Å². The summed E-state index contributed by atoms with van der Waals surface area (Å²) >= 11 is 0. The molecule has 0 aliphatic heterocycles. The van der Waals surface area contributed by atoms with Gasteiger partial charge in [0.05, 0.1) is 11.1 Å². The Labute approximate surface area is 246 Å². The number of sulfonamides is 1. The van der Waals surface area contributed by atoms with Crippen molar-refractivity contribution in [2.75, 3.05) is 14.1 Å². The molecule has 0 radical (unpaired) electrons. The zero-order chi connectivity index (χ0) is 31.1. The van der Waals surface area contributed by atoms with Crippen molar-refractivity contribution in [1.29, 1.82) is 0 Å².